The van der Waals surface area contributed by atoms with Crippen LogP contribution in [0.4, 0.5) is 0 Å². The summed E-state index contributed by atoms with van der Waals surface area (Å²) in [6.07, 6.45) is 8.70. The lowest BCUT2D eigenvalue weighted by atomic mass is 9.81. The van der Waals surface area contributed by atoms with Crippen LogP contribution in [0.15, 0.2) is 54.7 Å². The Balaban J connectivity index is 1.13. The third-order valence-corrected chi connectivity index (χ3v) is 8.51. The number of nitrogens with zero attached hydrogens (tertiary/aromatic N) is 4. The van der Waals surface area contributed by atoms with Gasteiger partial charge in [-0.3, -0.25) is 10.00 Å². The summed E-state index contributed by atoms with van der Waals surface area (Å²) in [6.45, 7) is 4.92. The summed E-state index contributed by atoms with van der Waals surface area (Å²) < 4.78 is 4.12. The van der Waals surface area contributed by atoms with E-state index < -0.39 is 0 Å². The number of hydrazine groups is 2. The highest BCUT2D eigenvalue weighted by atomic mass is 15.7. The van der Waals surface area contributed by atoms with E-state index in [0.29, 0.717) is 11.6 Å². The molecule has 8 heteroatoms. The Hall–Kier alpha value is -3.04. The molecule has 4 aromatic rings. The predicted molar refractivity (Wildman–Crippen MR) is 140 cm³/mol. The fraction of sp³-hybridized carbons (Fsp3) is 0.429. The van der Waals surface area contributed by atoms with E-state index >= 15 is 0 Å². The van der Waals surface area contributed by atoms with Gasteiger partial charge < -0.3 is 0 Å². The lowest BCUT2D eigenvalue weighted by Gasteiger charge is -2.42. The van der Waals surface area contributed by atoms with Gasteiger partial charge in [0.25, 0.3) is 0 Å². The van der Waals surface area contributed by atoms with Crippen LogP contribution in [0.5, 0.6) is 0 Å². The first-order chi connectivity index (χ1) is 17.6. The van der Waals surface area contributed by atoms with Gasteiger partial charge in [0, 0.05) is 17.2 Å². The first kappa shape index (κ1) is 22.2. The average Bonchev–Trinajstić information content (AvgIpc) is 3.14. The molecule has 0 radical (unpaired) electrons. The van der Waals surface area contributed by atoms with E-state index in [-0.39, 0.29) is 6.17 Å². The maximum Gasteiger partial charge on any atom is 0.178 e. The van der Waals surface area contributed by atoms with E-state index in [1.165, 1.54) is 47.1 Å². The summed E-state index contributed by atoms with van der Waals surface area (Å²) in [6, 6.07) is 17.6. The van der Waals surface area contributed by atoms with E-state index in [2.05, 4.69) is 98.1 Å². The molecular formula is C28H34N8. The van der Waals surface area contributed by atoms with Gasteiger partial charge in [-0.05, 0) is 60.8 Å². The summed E-state index contributed by atoms with van der Waals surface area (Å²) in [5, 5.41) is 8.46. The fourth-order valence-corrected chi connectivity index (χ4v) is 6.36. The topological polar surface area (TPSA) is 83.2 Å². The van der Waals surface area contributed by atoms with E-state index in [1.807, 2.05) is 11.6 Å². The van der Waals surface area contributed by atoms with Crippen molar-refractivity contribution in [3.05, 3.63) is 77.2 Å². The number of aryl methyl sites for hydroxylation is 2. The van der Waals surface area contributed by atoms with Crippen LogP contribution < -0.4 is 21.7 Å². The zero-order chi connectivity index (χ0) is 24.3. The summed E-state index contributed by atoms with van der Waals surface area (Å²) in [5.41, 5.74) is 17.7. The molecule has 186 valence electrons. The van der Waals surface area contributed by atoms with Crippen molar-refractivity contribution in [2.24, 2.45) is 11.3 Å². The summed E-state index contributed by atoms with van der Waals surface area (Å²) in [4.78, 5) is 4.64. The summed E-state index contributed by atoms with van der Waals surface area (Å²) in [5.74, 6) is 1.71. The van der Waals surface area contributed by atoms with Crippen molar-refractivity contribution in [3.8, 4) is 11.1 Å². The molecule has 36 heavy (non-hydrogen) atoms. The van der Waals surface area contributed by atoms with E-state index in [1.54, 1.807) is 0 Å². The summed E-state index contributed by atoms with van der Waals surface area (Å²) >= 11 is 0. The lowest BCUT2D eigenvalue weighted by molar-refractivity contribution is 0.0897. The molecule has 4 unspecified atom stereocenters. The molecule has 4 N–H and O–H groups in total. The zero-order valence-electron chi connectivity index (χ0n) is 21.0. The maximum absolute atomic E-state index is 4.64. The number of hydrogen-bond acceptors (Lipinski definition) is 6. The molecule has 2 saturated carbocycles. The molecule has 0 spiro atoms. The highest BCUT2D eigenvalue weighted by Crippen LogP contribution is 2.69. The minimum Gasteiger partial charge on any atom is -0.280 e. The van der Waals surface area contributed by atoms with E-state index in [9.17, 15) is 0 Å². The molecule has 4 atom stereocenters. The Morgan fingerprint density at radius 3 is 2.69 bits per heavy atom. The van der Waals surface area contributed by atoms with Gasteiger partial charge in [-0.15, -0.1) is 5.10 Å². The number of benzene rings is 2. The van der Waals surface area contributed by atoms with Crippen LogP contribution in [0.3, 0.4) is 0 Å². The second-order valence-electron chi connectivity index (χ2n) is 10.8. The standard InChI is InChI=1S/C28H34N8/c1-3-6-21-17-35(36-26(21)29-18(2)33-36)16-19-9-11-20(12-10-19)23-7-4-5-8-24(23)25-30-27(32-34-31-25)28-14-13-22(28)15-28/h4-5,7-12,17,22,25,27,30-32,34H,3,6,13-16H2,1-2H3. The van der Waals surface area contributed by atoms with Crippen molar-refractivity contribution in [1.29, 1.82) is 0 Å². The molecule has 1 aliphatic heterocycles. The number of aromatic nitrogens is 4. The SMILES string of the molecule is CCCc1cn(Cc2ccc(-c3ccccc3C3NNNC(C45CCC4C5)N3)cc2)n2nc(C)nc12. The smallest absolute Gasteiger partial charge is 0.178 e. The molecule has 7 rings (SSSR count). The number of nitrogens with one attached hydrogen (secondary N) is 4. The number of fused-ring (bicyclic) bond motifs is 2. The molecule has 1 saturated heterocycles. The Labute approximate surface area is 211 Å². The van der Waals surface area contributed by atoms with Crippen LogP contribution in [0, 0.1) is 18.3 Å². The normalized spacial score (nSPS) is 27.1. The van der Waals surface area contributed by atoms with Crippen molar-refractivity contribution < 1.29 is 0 Å². The fourth-order valence-electron chi connectivity index (χ4n) is 6.36. The second kappa shape index (κ2) is 8.52. The Bertz CT molecular complexity index is 1400. The third-order valence-electron chi connectivity index (χ3n) is 8.51. The van der Waals surface area contributed by atoms with E-state index in [4.69, 9.17) is 0 Å². The van der Waals surface area contributed by atoms with Gasteiger partial charge in [-0.2, -0.15) is 10.2 Å². The molecule has 8 nitrogen and oxygen atoms in total. The van der Waals surface area contributed by atoms with Crippen molar-refractivity contribution >= 4 is 5.65 Å². The molecule has 3 aliphatic rings. The molecule has 2 aliphatic carbocycles. The second-order valence-corrected chi connectivity index (χ2v) is 10.8. The van der Waals surface area contributed by atoms with Crippen molar-refractivity contribution in [2.45, 2.75) is 64.8 Å². The number of rotatable bonds is 7. The van der Waals surface area contributed by atoms with Gasteiger partial charge in [-0.1, -0.05) is 61.9 Å². The van der Waals surface area contributed by atoms with E-state index in [0.717, 1.165) is 36.8 Å². The predicted octanol–water partition coefficient (Wildman–Crippen LogP) is 3.83. The monoisotopic (exact) mass is 482 g/mol. The highest BCUT2D eigenvalue weighted by molar-refractivity contribution is 5.68. The van der Waals surface area contributed by atoms with Crippen LogP contribution in [0.2, 0.25) is 0 Å². The average molecular weight is 483 g/mol. The highest BCUT2D eigenvalue weighted by Gasteiger charge is 2.65. The quantitative estimate of drug-likeness (QED) is 0.321. The molecule has 3 heterocycles. The molecule has 2 aromatic heterocycles. The minimum atomic E-state index is 0.0454. The molecule has 0 bridgehead atoms. The van der Waals surface area contributed by atoms with Gasteiger partial charge in [0.1, 0.15) is 5.82 Å². The minimum absolute atomic E-state index is 0.0454. The Morgan fingerprint density at radius 1 is 1.08 bits per heavy atom. The molecular weight excluding hydrogens is 448 g/mol. The van der Waals surface area contributed by atoms with Crippen molar-refractivity contribution in [3.63, 3.8) is 0 Å². The largest absolute Gasteiger partial charge is 0.280 e. The van der Waals surface area contributed by atoms with Gasteiger partial charge in [0.2, 0.25) is 0 Å². The number of hydrogen-bond donors (Lipinski definition) is 4. The Morgan fingerprint density at radius 2 is 1.94 bits per heavy atom. The van der Waals surface area contributed by atoms with Gasteiger partial charge in [0.15, 0.2) is 5.65 Å². The molecule has 2 aromatic carbocycles. The van der Waals surface area contributed by atoms with Crippen molar-refractivity contribution in [2.75, 3.05) is 0 Å². The van der Waals surface area contributed by atoms with Crippen LogP contribution in [-0.2, 0) is 13.0 Å². The van der Waals surface area contributed by atoms with Crippen LogP contribution in [-0.4, -0.2) is 25.6 Å². The van der Waals surface area contributed by atoms with Crippen LogP contribution in [0.1, 0.15) is 61.3 Å². The van der Waals surface area contributed by atoms with Crippen molar-refractivity contribution in [1.82, 2.24) is 41.1 Å². The first-order valence-corrected chi connectivity index (χ1v) is 13.3. The van der Waals surface area contributed by atoms with Crippen LogP contribution in [0.25, 0.3) is 16.8 Å². The van der Waals surface area contributed by atoms with Gasteiger partial charge in [-0.25, -0.2) is 15.8 Å². The van der Waals surface area contributed by atoms with Crippen LogP contribution >= 0.6 is 0 Å². The Kier molecular flexibility index (Phi) is 5.25. The maximum atomic E-state index is 4.64. The third kappa shape index (κ3) is 3.59. The summed E-state index contributed by atoms with van der Waals surface area (Å²) in [7, 11) is 0. The molecule has 0 amide bonds. The lowest BCUT2D eigenvalue weighted by Crippen LogP contribution is -2.68. The zero-order valence-corrected chi connectivity index (χ0v) is 21.0. The molecule has 3 fully saturated rings. The van der Waals surface area contributed by atoms with Gasteiger partial charge >= 0.3 is 0 Å². The van der Waals surface area contributed by atoms with Gasteiger partial charge in [0.05, 0.1) is 18.9 Å². The first-order valence-electron chi connectivity index (χ1n) is 13.3.